The Morgan fingerprint density at radius 1 is 1.10 bits per heavy atom. The van der Waals surface area contributed by atoms with Gasteiger partial charge in [0.1, 0.15) is 13.1 Å². The van der Waals surface area contributed by atoms with Crippen molar-refractivity contribution in [3.63, 3.8) is 0 Å². The van der Waals surface area contributed by atoms with Gasteiger partial charge in [-0.2, -0.15) is 0 Å². The van der Waals surface area contributed by atoms with Crippen LogP contribution in [0.2, 0.25) is 0 Å². The Labute approximate surface area is 118 Å². The van der Waals surface area contributed by atoms with Crippen molar-refractivity contribution < 1.29 is 19.2 Å². The van der Waals surface area contributed by atoms with E-state index in [1.807, 2.05) is 0 Å². The molecule has 1 aliphatic rings. The molecule has 1 aromatic rings. The minimum Gasteiger partial charge on any atom is -0.370 e. The largest absolute Gasteiger partial charge is 0.370 e. The number of hydrogen-bond acceptors (Lipinski definition) is 3. The highest BCUT2D eigenvalue weighted by Gasteiger charge is 2.17. The Balaban J connectivity index is 1.82. The lowest BCUT2D eigenvalue weighted by molar-refractivity contribution is -0.899. The molecule has 20 heavy (non-hydrogen) atoms. The van der Waals surface area contributed by atoms with Crippen molar-refractivity contribution in [1.29, 1.82) is 0 Å². The molecule has 2 amide bonds. The Bertz CT molecular complexity index is 467. The van der Waals surface area contributed by atoms with Crippen molar-refractivity contribution in [2.75, 3.05) is 43.5 Å². The summed E-state index contributed by atoms with van der Waals surface area (Å²) < 4.78 is 5.26. The van der Waals surface area contributed by atoms with Gasteiger partial charge in [0.2, 0.25) is 5.91 Å². The molecule has 0 bridgehead atoms. The highest BCUT2D eigenvalue weighted by molar-refractivity contribution is 5.92. The topological polar surface area (TPSA) is 71.9 Å². The average Bonchev–Trinajstić information content (AvgIpc) is 2.41. The molecule has 0 aliphatic carbocycles. The van der Waals surface area contributed by atoms with Gasteiger partial charge >= 0.3 is 0 Å². The molecule has 1 aliphatic heterocycles. The van der Waals surface area contributed by atoms with E-state index in [1.54, 1.807) is 24.3 Å². The highest BCUT2D eigenvalue weighted by Crippen LogP contribution is 2.13. The van der Waals surface area contributed by atoms with Gasteiger partial charge in [0.25, 0.3) is 5.91 Å². The zero-order chi connectivity index (χ0) is 14.4. The van der Waals surface area contributed by atoms with Crippen molar-refractivity contribution in [3.05, 3.63) is 24.3 Å². The summed E-state index contributed by atoms with van der Waals surface area (Å²) in [4.78, 5) is 24.0. The number of ether oxygens (including phenoxy) is 1. The van der Waals surface area contributed by atoms with E-state index >= 15 is 0 Å². The minimum atomic E-state index is -0.113. The van der Waals surface area contributed by atoms with Crippen LogP contribution in [-0.4, -0.2) is 44.7 Å². The summed E-state index contributed by atoms with van der Waals surface area (Å²) in [6.45, 7) is 5.09. The number of morpholine rings is 1. The number of carbonyl (C=O) groups is 2. The van der Waals surface area contributed by atoms with E-state index in [9.17, 15) is 9.59 Å². The van der Waals surface area contributed by atoms with Crippen LogP contribution in [0.25, 0.3) is 0 Å². The zero-order valence-electron chi connectivity index (χ0n) is 11.6. The van der Waals surface area contributed by atoms with E-state index in [2.05, 4.69) is 10.6 Å². The fourth-order valence-corrected chi connectivity index (χ4v) is 2.11. The van der Waals surface area contributed by atoms with Crippen LogP contribution < -0.4 is 15.5 Å². The van der Waals surface area contributed by atoms with Gasteiger partial charge in [-0.15, -0.1) is 0 Å². The van der Waals surface area contributed by atoms with Crippen molar-refractivity contribution >= 4 is 23.2 Å². The van der Waals surface area contributed by atoms with Gasteiger partial charge < -0.3 is 20.3 Å². The number of carbonyl (C=O) groups excluding carboxylic acids is 2. The van der Waals surface area contributed by atoms with Gasteiger partial charge in [0.05, 0.1) is 13.2 Å². The predicted octanol–water partition coefficient (Wildman–Crippen LogP) is -0.501. The molecule has 0 saturated carbocycles. The number of quaternary nitrogens is 1. The summed E-state index contributed by atoms with van der Waals surface area (Å²) in [6.07, 6.45) is 0. The molecule has 0 unspecified atom stereocenters. The van der Waals surface area contributed by atoms with Crippen LogP contribution in [0.3, 0.4) is 0 Å². The quantitative estimate of drug-likeness (QED) is 0.695. The van der Waals surface area contributed by atoms with E-state index in [0.717, 1.165) is 18.8 Å². The average molecular weight is 278 g/mol. The smallest absolute Gasteiger partial charge is 0.279 e. The standard InChI is InChI=1S/C14H19N3O3/c1-11(18)15-12-2-4-13(5-3-12)16-14(19)10-17-6-8-20-9-7-17/h2-5H,6-10H2,1H3,(H,15,18)(H,16,19)/p+1. The second-order valence-corrected chi connectivity index (χ2v) is 4.85. The molecule has 108 valence electrons. The first-order chi connectivity index (χ1) is 9.63. The number of anilines is 2. The van der Waals surface area contributed by atoms with Crippen LogP contribution in [0.15, 0.2) is 24.3 Å². The van der Waals surface area contributed by atoms with Crippen LogP contribution >= 0.6 is 0 Å². The van der Waals surface area contributed by atoms with E-state index < -0.39 is 0 Å². The molecule has 1 fully saturated rings. The van der Waals surface area contributed by atoms with Crippen molar-refractivity contribution in [2.45, 2.75) is 6.92 Å². The van der Waals surface area contributed by atoms with E-state index in [1.165, 1.54) is 11.8 Å². The van der Waals surface area contributed by atoms with E-state index in [-0.39, 0.29) is 11.8 Å². The normalized spacial score (nSPS) is 15.7. The monoisotopic (exact) mass is 278 g/mol. The molecule has 0 radical (unpaired) electrons. The molecular formula is C14H20N3O3+. The first-order valence-electron chi connectivity index (χ1n) is 6.72. The van der Waals surface area contributed by atoms with E-state index in [4.69, 9.17) is 4.74 Å². The molecule has 0 atom stereocenters. The second kappa shape index (κ2) is 7.02. The summed E-state index contributed by atoms with van der Waals surface area (Å²) in [7, 11) is 0. The zero-order valence-corrected chi connectivity index (χ0v) is 11.6. The van der Waals surface area contributed by atoms with Crippen LogP contribution in [0, 0.1) is 0 Å². The molecular weight excluding hydrogens is 258 g/mol. The molecule has 0 aromatic heterocycles. The van der Waals surface area contributed by atoms with Gasteiger partial charge in [-0.25, -0.2) is 0 Å². The Hall–Kier alpha value is -1.92. The fraction of sp³-hybridized carbons (Fsp3) is 0.429. The maximum Gasteiger partial charge on any atom is 0.279 e. The number of hydrogen-bond donors (Lipinski definition) is 3. The number of rotatable bonds is 4. The maximum absolute atomic E-state index is 11.9. The van der Waals surface area contributed by atoms with E-state index in [0.29, 0.717) is 25.4 Å². The summed E-state index contributed by atoms with van der Waals surface area (Å²) in [5, 5.41) is 5.54. The predicted molar refractivity (Wildman–Crippen MR) is 75.8 cm³/mol. The lowest BCUT2D eigenvalue weighted by atomic mass is 10.2. The van der Waals surface area contributed by atoms with Gasteiger partial charge in [-0.05, 0) is 24.3 Å². The molecule has 2 rings (SSSR count). The second-order valence-electron chi connectivity index (χ2n) is 4.85. The third-order valence-electron chi connectivity index (χ3n) is 3.10. The van der Waals surface area contributed by atoms with Crippen LogP contribution in [0.1, 0.15) is 6.92 Å². The molecule has 1 aromatic carbocycles. The maximum atomic E-state index is 11.9. The van der Waals surface area contributed by atoms with Gasteiger partial charge in [-0.1, -0.05) is 0 Å². The van der Waals surface area contributed by atoms with Crippen LogP contribution in [0.4, 0.5) is 11.4 Å². The molecule has 6 nitrogen and oxygen atoms in total. The first-order valence-corrected chi connectivity index (χ1v) is 6.72. The van der Waals surface area contributed by atoms with Crippen molar-refractivity contribution in [1.82, 2.24) is 0 Å². The summed E-state index contributed by atoms with van der Waals surface area (Å²) in [6, 6.07) is 7.08. The summed E-state index contributed by atoms with van der Waals surface area (Å²) in [5.41, 5.74) is 1.45. The third-order valence-corrected chi connectivity index (χ3v) is 3.10. The summed E-state index contributed by atoms with van der Waals surface area (Å²) >= 11 is 0. The lowest BCUT2D eigenvalue weighted by Gasteiger charge is -2.23. The molecule has 6 heteroatoms. The van der Waals surface area contributed by atoms with Crippen LogP contribution in [-0.2, 0) is 14.3 Å². The van der Waals surface area contributed by atoms with Crippen molar-refractivity contribution in [3.8, 4) is 0 Å². The number of amides is 2. The number of benzene rings is 1. The Kier molecular flexibility index (Phi) is 5.09. The Morgan fingerprint density at radius 2 is 1.65 bits per heavy atom. The highest BCUT2D eigenvalue weighted by atomic mass is 16.5. The SMILES string of the molecule is CC(=O)Nc1ccc(NC(=O)C[NH+]2CCOCC2)cc1. The molecule has 0 spiro atoms. The minimum absolute atomic E-state index is 0.00539. The fourth-order valence-electron chi connectivity index (χ4n) is 2.11. The molecule has 3 N–H and O–H groups in total. The molecule has 1 heterocycles. The van der Waals surface area contributed by atoms with Crippen LogP contribution in [0.5, 0.6) is 0 Å². The van der Waals surface area contributed by atoms with Gasteiger partial charge in [-0.3, -0.25) is 9.59 Å². The van der Waals surface area contributed by atoms with Gasteiger partial charge in [0.15, 0.2) is 6.54 Å². The molecule has 1 saturated heterocycles. The lowest BCUT2D eigenvalue weighted by Crippen LogP contribution is -3.15. The first kappa shape index (κ1) is 14.5. The van der Waals surface area contributed by atoms with Crippen molar-refractivity contribution in [2.24, 2.45) is 0 Å². The third kappa shape index (κ3) is 4.64. The Morgan fingerprint density at radius 3 is 2.20 bits per heavy atom. The van der Waals surface area contributed by atoms with Gasteiger partial charge in [0, 0.05) is 18.3 Å². The number of nitrogens with one attached hydrogen (secondary N) is 3. The summed E-state index contributed by atoms with van der Waals surface area (Å²) in [5.74, 6) is -0.119.